The molecule has 0 aliphatic rings. The molecule has 0 aromatic carbocycles. The van der Waals surface area contributed by atoms with Gasteiger partial charge in [0.2, 0.25) is 5.78 Å². The molecule has 2 aromatic heterocycles. The van der Waals surface area contributed by atoms with Gasteiger partial charge in [-0.3, -0.25) is 4.40 Å². The summed E-state index contributed by atoms with van der Waals surface area (Å²) in [6.45, 7) is 0. The third kappa shape index (κ3) is 0.917. The molecule has 0 unspecified atom stereocenters. The van der Waals surface area contributed by atoms with E-state index in [0.29, 0.717) is 16.6 Å². The molecular formula is C7H3ClN4. The highest BCUT2D eigenvalue weighted by molar-refractivity contribution is 6.29. The summed E-state index contributed by atoms with van der Waals surface area (Å²) in [5.74, 6) is 0.444. The minimum absolute atomic E-state index is 0.338. The van der Waals surface area contributed by atoms with E-state index in [2.05, 4.69) is 9.97 Å². The van der Waals surface area contributed by atoms with Crippen LogP contribution >= 0.6 is 11.6 Å². The fourth-order valence-electron chi connectivity index (χ4n) is 0.957. The van der Waals surface area contributed by atoms with Gasteiger partial charge in [0, 0.05) is 6.20 Å². The van der Waals surface area contributed by atoms with Crippen molar-refractivity contribution in [3.05, 3.63) is 29.3 Å². The summed E-state index contributed by atoms with van der Waals surface area (Å²) in [4.78, 5) is 7.81. The Morgan fingerprint density at radius 3 is 3.17 bits per heavy atom. The van der Waals surface area contributed by atoms with E-state index in [1.54, 1.807) is 16.7 Å². The van der Waals surface area contributed by atoms with Crippen molar-refractivity contribution in [1.29, 1.82) is 5.26 Å². The first-order chi connectivity index (χ1) is 5.81. The van der Waals surface area contributed by atoms with Crippen LogP contribution in [0.4, 0.5) is 0 Å². The highest BCUT2D eigenvalue weighted by Gasteiger charge is 2.02. The number of imidazole rings is 1. The van der Waals surface area contributed by atoms with Crippen molar-refractivity contribution >= 4 is 17.4 Å². The molecule has 0 fully saturated rings. The van der Waals surface area contributed by atoms with Crippen LogP contribution in [0.15, 0.2) is 18.5 Å². The smallest absolute Gasteiger partial charge is 0.236 e. The van der Waals surface area contributed by atoms with Crippen molar-refractivity contribution in [3.63, 3.8) is 0 Å². The van der Waals surface area contributed by atoms with Gasteiger partial charge in [-0.1, -0.05) is 11.6 Å². The molecule has 2 rings (SSSR count). The molecule has 12 heavy (non-hydrogen) atoms. The Balaban J connectivity index is 2.89. The maximum absolute atomic E-state index is 8.68. The Labute approximate surface area is 73.0 Å². The third-order valence-corrected chi connectivity index (χ3v) is 1.64. The molecule has 0 atom stereocenters. The lowest BCUT2D eigenvalue weighted by Crippen LogP contribution is -1.91. The SMILES string of the molecule is N#Cc1ccnc2nc(Cl)cn12. The van der Waals surface area contributed by atoms with Crippen molar-refractivity contribution < 1.29 is 0 Å². The number of rotatable bonds is 0. The molecule has 0 saturated heterocycles. The van der Waals surface area contributed by atoms with E-state index in [0.717, 1.165) is 0 Å². The molecule has 0 aliphatic heterocycles. The van der Waals surface area contributed by atoms with Crippen molar-refractivity contribution in [2.45, 2.75) is 0 Å². The van der Waals surface area contributed by atoms with Gasteiger partial charge in [0.1, 0.15) is 16.9 Å². The van der Waals surface area contributed by atoms with E-state index in [1.165, 1.54) is 6.20 Å². The van der Waals surface area contributed by atoms with Crippen LogP contribution in [0.25, 0.3) is 5.78 Å². The first kappa shape index (κ1) is 7.07. The number of nitriles is 1. The minimum Gasteiger partial charge on any atom is -0.273 e. The molecule has 0 saturated carbocycles. The van der Waals surface area contributed by atoms with Crippen LogP contribution in [0.3, 0.4) is 0 Å². The quantitative estimate of drug-likeness (QED) is 0.610. The maximum atomic E-state index is 8.68. The van der Waals surface area contributed by atoms with Crippen LogP contribution in [-0.2, 0) is 0 Å². The van der Waals surface area contributed by atoms with Crippen LogP contribution in [0.1, 0.15) is 5.69 Å². The lowest BCUT2D eigenvalue weighted by atomic mass is 10.4. The molecule has 4 nitrogen and oxygen atoms in total. The predicted octanol–water partition coefficient (Wildman–Crippen LogP) is 1.25. The lowest BCUT2D eigenvalue weighted by Gasteiger charge is -1.92. The first-order valence-electron chi connectivity index (χ1n) is 3.21. The van der Waals surface area contributed by atoms with Gasteiger partial charge in [-0.05, 0) is 6.07 Å². The Bertz CT molecular complexity index is 468. The standard InChI is InChI=1S/C7H3ClN4/c8-6-4-12-5(3-9)1-2-10-7(12)11-6/h1-2,4H. The Morgan fingerprint density at radius 2 is 2.42 bits per heavy atom. The monoisotopic (exact) mass is 178 g/mol. The zero-order valence-corrected chi connectivity index (χ0v) is 6.65. The highest BCUT2D eigenvalue weighted by Crippen LogP contribution is 2.09. The number of nitrogens with zero attached hydrogens (tertiary/aromatic N) is 4. The van der Waals surface area contributed by atoms with Gasteiger partial charge in [0.05, 0.1) is 6.20 Å². The molecular weight excluding hydrogens is 176 g/mol. The van der Waals surface area contributed by atoms with Gasteiger partial charge in [0.15, 0.2) is 0 Å². The fourth-order valence-corrected chi connectivity index (χ4v) is 1.13. The van der Waals surface area contributed by atoms with Crippen LogP contribution < -0.4 is 0 Å². The first-order valence-corrected chi connectivity index (χ1v) is 3.59. The summed E-state index contributed by atoms with van der Waals surface area (Å²) in [5.41, 5.74) is 0.472. The molecule has 0 bridgehead atoms. The molecule has 0 radical (unpaired) electrons. The Kier molecular flexibility index (Phi) is 1.45. The van der Waals surface area contributed by atoms with E-state index in [1.807, 2.05) is 6.07 Å². The number of hydrogen-bond acceptors (Lipinski definition) is 3. The van der Waals surface area contributed by atoms with Crippen molar-refractivity contribution in [1.82, 2.24) is 14.4 Å². The summed E-state index contributed by atoms with van der Waals surface area (Å²) in [6.07, 6.45) is 3.08. The second-order valence-electron chi connectivity index (χ2n) is 2.18. The molecule has 0 N–H and O–H groups in total. The molecule has 0 aliphatic carbocycles. The number of halogens is 1. The average molecular weight is 179 g/mol. The van der Waals surface area contributed by atoms with Crippen LogP contribution in [0.2, 0.25) is 5.15 Å². The van der Waals surface area contributed by atoms with Crippen LogP contribution in [-0.4, -0.2) is 14.4 Å². The minimum atomic E-state index is 0.338. The number of hydrogen-bond donors (Lipinski definition) is 0. The molecule has 5 heteroatoms. The van der Waals surface area contributed by atoms with Crippen molar-refractivity contribution in [2.75, 3.05) is 0 Å². The third-order valence-electron chi connectivity index (χ3n) is 1.45. The van der Waals surface area contributed by atoms with E-state index in [4.69, 9.17) is 16.9 Å². The lowest BCUT2D eigenvalue weighted by molar-refractivity contribution is 1.08. The Hall–Kier alpha value is -1.60. The predicted molar refractivity (Wildman–Crippen MR) is 42.7 cm³/mol. The van der Waals surface area contributed by atoms with Crippen LogP contribution in [0, 0.1) is 11.3 Å². The largest absolute Gasteiger partial charge is 0.273 e. The van der Waals surface area contributed by atoms with Crippen LogP contribution in [0.5, 0.6) is 0 Å². The second kappa shape index (κ2) is 2.47. The van der Waals surface area contributed by atoms with Gasteiger partial charge in [0.25, 0.3) is 0 Å². The Morgan fingerprint density at radius 1 is 1.58 bits per heavy atom. The van der Waals surface area contributed by atoms with Crippen molar-refractivity contribution in [2.24, 2.45) is 0 Å². The molecule has 0 amide bonds. The summed E-state index contributed by atoms with van der Waals surface area (Å²) in [5, 5.41) is 9.01. The second-order valence-corrected chi connectivity index (χ2v) is 2.56. The average Bonchev–Trinajstić information content (AvgIpc) is 2.44. The summed E-state index contributed by atoms with van der Waals surface area (Å²) < 4.78 is 1.54. The van der Waals surface area contributed by atoms with Crippen molar-refractivity contribution in [3.8, 4) is 6.07 Å². The van der Waals surface area contributed by atoms with Gasteiger partial charge in [-0.25, -0.2) is 4.98 Å². The normalized spacial score (nSPS) is 10.0. The van der Waals surface area contributed by atoms with E-state index in [9.17, 15) is 0 Å². The topological polar surface area (TPSA) is 54.0 Å². The molecule has 2 aromatic rings. The van der Waals surface area contributed by atoms with E-state index < -0.39 is 0 Å². The number of aromatic nitrogens is 3. The summed E-state index contributed by atoms with van der Waals surface area (Å²) >= 11 is 5.63. The zero-order chi connectivity index (χ0) is 8.55. The maximum Gasteiger partial charge on any atom is 0.236 e. The van der Waals surface area contributed by atoms with Gasteiger partial charge >= 0.3 is 0 Å². The van der Waals surface area contributed by atoms with Gasteiger partial charge in [-0.2, -0.15) is 10.2 Å². The van der Waals surface area contributed by atoms with E-state index >= 15 is 0 Å². The number of fused-ring (bicyclic) bond motifs is 1. The highest BCUT2D eigenvalue weighted by atomic mass is 35.5. The zero-order valence-electron chi connectivity index (χ0n) is 5.90. The molecule has 0 spiro atoms. The molecule has 2 heterocycles. The molecule has 58 valence electrons. The summed E-state index contributed by atoms with van der Waals surface area (Å²) in [6, 6.07) is 3.61. The van der Waals surface area contributed by atoms with Gasteiger partial charge in [-0.15, -0.1) is 0 Å². The summed E-state index contributed by atoms with van der Waals surface area (Å²) in [7, 11) is 0. The van der Waals surface area contributed by atoms with Gasteiger partial charge < -0.3 is 0 Å². The van der Waals surface area contributed by atoms with E-state index in [-0.39, 0.29) is 0 Å². The fraction of sp³-hybridized carbons (Fsp3) is 0.